The molecule has 3 rings (SSSR count). The fourth-order valence-electron chi connectivity index (χ4n) is 2.90. The molecule has 110 valence electrons. The number of carbonyl (C=O) groups excluding carboxylic acids is 1. The second kappa shape index (κ2) is 7.07. The lowest BCUT2D eigenvalue weighted by molar-refractivity contribution is -0.135. The molecule has 1 fully saturated rings. The maximum Gasteiger partial charge on any atom is 0.250 e. The minimum Gasteiger partial charge on any atom is -0.366 e. The summed E-state index contributed by atoms with van der Waals surface area (Å²) in [6, 6.07) is 8.54. The van der Waals surface area contributed by atoms with Gasteiger partial charge in [-0.05, 0) is 30.4 Å². The fourth-order valence-corrected chi connectivity index (χ4v) is 2.90. The molecule has 0 aromatic heterocycles. The summed E-state index contributed by atoms with van der Waals surface area (Å²) in [5, 5.41) is 6.33. The molecular weight excluding hydrogens is 276 g/mol. The quantitative estimate of drug-likeness (QED) is 0.871. The van der Waals surface area contributed by atoms with Gasteiger partial charge in [-0.1, -0.05) is 24.3 Å². The van der Waals surface area contributed by atoms with Crippen LogP contribution in [0.3, 0.4) is 0 Å². The molecule has 2 N–H and O–H groups in total. The Morgan fingerprint density at radius 2 is 2.20 bits per heavy atom. The van der Waals surface area contributed by atoms with Crippen molar-refractivity contribution in [3.63, 3.8) is 0 Å². The van der Waals surface area contributed by atoms with Crippen molar-refractivity contribution in [2.75, 3.05) is 19.7 Å². The van der Waals surface area contributed by atoms with Crippen LogP contribution in [-0.4, -0.2) is 31.7 Å². The van der Waals surface area contributed by atoms with E-state index in [1.165, 1.54) is 11.1 Å². The van der Waals surface area contributed by atoms with Crippen LogP contribution in [0.1, 0.15) is 30.0 Å². The average molecular weight is 297 g/mol. The fraction of sp³-hybridized carbons (Fsp3) is 0.533. The van der Waals surface area contributed by atoms with E-state index < -0.39 is 0 Å². The van der Waals surface area contributed by atoms with Crippen LogP contribution in [-0.2, 0) is 16.0 Å². The number of ether oxygens (including phenoxy) is 1. The number of rotatable bonds is 2. The number of amides is 1. The molecule has 2 aliphatic rings. The number of hydrogen-bond donors (Lipinski definition) is 2. The van der Waals surface area contributed by atoms with Gasteiger partial charge in [0.1, 0.15) is 6.10 Å². The molecule has 0 spiro atoms. The summed E-state index contributed by atoms with van der Waals surface area (Å²) < 4.78 is 5.49. The Morgan fingerprint density at radius 3 is 3.00 bits per heavy atom. The van der Waals surface area contributed by atoms with Gasteiger partial charge in [0, 0.05) is 13.1 Å². The number of morpholine rings is 1. The SMILES string of the molecule is Cl.O=C(NC1CCCc2ccccc21)C1CNCCO1. The summed E-state index contributed by atoms with van der Waals surface area (Å²) in [5.74, 6) is 0.00824. The van der Waals surface area contributed by atoms with Crippen LogP contribution in [0.15, 0.2) is 24.3 Å². The number of fused-ring (bicyclic) bond motifs is 1. The standard InChI is InChI=1S/C15H20N2O2.ClH/c18-15(14-10-16-8-9-19-14)17-13-7-3-5-11-4-1-2-6-12(11)13;/h1-2,4,6,13-14,16H,3,5,7-10H2,(H,17,18);1H. The third-order valence-electron chi connectivity index (χ3n) is 3.91. The monoisotopic (exact) mass is 296 g/mol. The van der Waals surface area contributed by atoms with Gasteiger partial charge in [0.2, 0.25) is 0 Å². The second-order valence-electron chi connectivity index (χ2n) is 5.22. The van der Waals surface area contributed by atoms with Gasteiger partial charge in [-0.2, -0.15) is 0 Å². The number of carbonyl (C=O) groups is 1. The van der Waals surface area contributed by atoms with Gasteiger partial charge < -0.3 is 15.4 Å². The first-order valence-electron chi connectivity index (χ1n) is 7.05. The van der Waals surface area contributed by atoms with Crippen molar-refractivity contribution in [3.05, 3.63) is 35.4 Å². The highest BCUT2D eigenvalue weighted by Crippen LogP contribution is 2.29. The van der Waals surface area contributed by atoms with Crippen molar-refractivity contribution < 1.29 is 9.53 Å². The van der Waals surface area contributed by atoms with E-state index in [0.717, 1.165) is 25.8 Å². The summed E-state index contributed by atoms with van der Waals surface area (Å²) >= 11 is 0. The zero-order chi connectivity index (χ0) is 13.1. The van der Waals surface area contributed by atoms with Crippen molar-refractivity contribution >= 4 is 18.3 Å². The molecule has 5 heteroatoms. The van der Waals surface area contributed by atoms with Crippen molar-refractivity contribution in [1.29, 1.82) is 0 Å². The van der Waals surface area contributed by atoms with E-state index in [4.69, 9.17) is 4.74 Å². The van der Waals surface area contributed by atoms with Crippen LogP contribution in [0.25, 0.3) is 0 Å². The smallest absolute Gasteiger partial charge is 0.250 e. The van der Waals surface area contributed by atoms with E-state index in [0.29, 0.717) is 13.2 Å². The summed E-state index contributed by atoms with van der Waals surface area (Å²) in [6.07, 6.45) is 2.92. The van der Waals surface area contributed by atoms with Crippen LogP contribution >= 0.6 is 12.4 Å². The van der Waals surface area contributed by atoms with Crippen LogP contribution in [0.2, 0.25) is 0 Å². The van der Waals surface area contributed by atoms with Crippen LogP contribution in [0.5, 0.6) is 0 Å². The summed E-state index contributed by atoms with van der Waals surface area (Å²) in [4.78, 5) is 12.2. The molecule has 1 aliphatic carbocycles. The van der Waals surface area contributed by atoms with Crippen LogP contribution in [0.4, 0.5) is 0 Å². The molecule has 1 saturated heterocycles. The van der Waals surface area contributed by atoms with Crippen molar-refractivity contribution in [2.24, 2.45) is 0 Å². The highest BCUT2D eigenvalue weighted by atomic mass is 35.5. The molecule has 20 heavy (non-hydrogen) atoms. The molecule has 0 bridgehead atoms. The number of aryl methyl sites for hydroxylation is 1. The lowest BCUT2D eigenvalue weighted by Crippen LogP contribution is -2.48. The lowest BCUT2D eigenvalue weighted by Gasteiger charge is -2.29. The number of halogens is 1. The van der Waals surface area contributed by atoms with Gasteiger partial charge in [-0.25, -0.2) is 0 Å². The van der Waals surface area contributed by atoms with Crippen LogP contribution < -0.4 is 10.6 Å². The molecule has 1 aromatic rings. The summed E-state index contributed by atoms with van der Waals surface area (Å²) in [5.41, 5.74) is 2.63. The Kier molecular flexibility index (Phi) is 5.40. The van der Waals surface area contributed by atoms with Gasteiger partial charge in [-0.3, -0.25) is 4.79 Å². The molecular formula is C15H21ClN2O2. The highest BCUT2D eigenvalue weighted by Gasteiger charge is 2.26. The molecule has 2 atom stereocenters. The molecule has 1 heterocycles. The first-order chi connectivity index (χ1) is 9.34. The third kappa shape index (κ3) is 3.32. The van der Waals surface area contributed by atoms with Crippen molar-refractivity contribution in [3.8, 4) is 0 Å². The highest BCUT2D eigenvalue weighted by molar-refractivity contribution is 5.85. The van der Waals surface area contributed by atoms with E-state index in [-0.39, 0.29) is 30.5 Å². The maximum absolute atomic E-state index is 12.2. The van der Waals surface area contributed by atoms with E-state index in [9.17, 15) is 4.79 Å². The number of nitrogens with one attached hydrogen (secondary N) is 2. The van der Waals surface area contributed by atoms with Gasteiger partial charge in [-0.15, -0.1) is 12.4 Å². The third-order valence-corrected chi connectivity index (χ3v) is 3.91. The van der Waals surface area contributed by atoms with Crippen molar-refractivity contribution in [2.45, 2.75) is 31.4 Å². The Labute approximate surface area is 125 Å². The molecule has 0 saturated carbocycles. The normalized spacial score (nSPS) is 25.2. The maximum atomic E-state index is 12.2. The minimum atomic E-state index is -0.345. The largest absolute Gasteiger partial charge is 0.366 e. The lowest BCUT2D eigenvalue weighted by atomic mass is 9.87. The van der Waals surface area contributed by atoms with E-state index >= 15 is 0 Å². The molecule has 2 unspecified atom stereocenters. The molecule has 4 nitrogen and oxygen atoms in total. The summed E-state index contributed by atoms with van der Waals surface area (Å²) in [7, 11) is 0. The minimum absolute atomic E-state index is 0. The Bertz CT molecular complexity index is 461. The van der Waals surface area contributed by atoms with Gasteiger partial charge >= 0.3 is 0 Å². The Hall–Kier alpha value is -1.10. The predicted molar refractivity (Wildman–Crippen MR) is 80.1 cm³/mol. The number of benzene rings is 1. The zero-order valence-electron chi connectivity index (χ0n) is 11.4. The van der Waals surface area contributed by atoms with Crippen molar-refractivity contribution in [1.82, 2.24) is 10.6 Å². The molecule has 1 amide bonds. The predicted octanol–water partition coefficient (Wildman–Crippen LogP) is 1.59. The van der Waals surface area contributed by atoms with Crippen LogP contribution in [0, 0.1) is 0 Å². The first-order valence-corrected chi connectivity index (χ1v) is 7.05. The Morgan fingerprint density at radius 1 is 1.35 bits per heavy atom. The molecule has 1 aliphatic heterocycles. The average Bonchev–Trinajstić information content (AvgIpc) is 2.48. The van der Waals surface area contributed by atoms with E-state index in [2.05, 4.69) is 28.8 Å². The molecule has 1 aromatic carbocycles. The second-order valence-corrected chi connectivity index (χ2v) is 5.22. The van der Waals surface area contributed by atoms with Gasteiger partial charge in [0.25, 0.3) is 5.91 Å². The zero-order valence-corrected chi connectivity index (χ0v) is 12.2. The number of hydrogen-bond acceptors (Lipinski definition) is 3. The van der Waals surface area contributed by atoms with E-state index in [1.54, 1.807) is 0 Å². The van der Waals surface area contributed by atoms with E-state index in [1.807, 2.05) is 6.07 Å². The summed E-state index contributed by atoms with van der Waals surface area (Å²) in [6.45, 7) is 2.05. The van der Waals surface area contributed by atoms with Gasteiger partial charge in [0.15, 0.2) is 0 Å². The van der Waals surface area contributed by atoms with Gasteiger partial charge in [0.05, 0.1) is 12.6 Å². The Balaban J connectivity index is 0.00000147. The topological polar surface area (TPSA) is 50.4 Å². The molecule has 0 radical (unpaired) electrons. The first kappa shape index (κ1) is 15.3.